The zero-order valence-corrected chi connectivity index (χ0v) is 10.3. The molecule has 0 radical (unpaired) electrons. The molecule has 0 saturated heterocycles. The Labute approximate surface area is 90.2 Å². The van der Waals surface area contributed by atoms with Gasteiger partial charge < -0.3 is 4.74 Å². The van der Waals surface area contributed by atoms with Gasteiger partial charge in [-0.15, -0.1) is 0 Å². The quantitative estimate of drug-likeness (QED) is 0.470. The first-order chi connectivity index (χ1) is 6.81. The first-order valence-electron chi connectivity index (χ1n) is 6.42. The number of unbranched alkanes of at least 4 members (excludes halogenated alkanes) is 5. The maximum atomic E-state index is 5.74. The molecular formula is C13H28O. The van der Waals surface area contributed by atoms with Crippen molar-refractivity contribution in [2.75, 3.05) is 6.61 Å². The highest BCUT2D eigenvalue weighted by atomic mass is 16.5. The minimum absolute atomic E-state index is 0.475. The molecule has 0 aliphatic carbocycles. The largest absolute Gasteiger partial charge is 0.379 e. The normalized spacial score (nSPS) is 13.1. The van der Waals surface area contributed by atoms with E-state index in [1.807, 2.05) is 0 Å². The van der Waals surface area contributed by atoms with Gasteiger partial charge in [-0.1, -0.05) is 52.4 Å². The van der Waals surface area contributed by atoms with Crippen LogP contribution in [0.2, 0.25) is 0 Å². The molecule has 0 saturated carbocycles. The molecule has 0 amide bonds. The molecule has 0 rings (SSSR count). The van der Waals surface area contributed by atoms with Crippen molar-refractivity contribution in [1.82, 2.24) is 0 Å². The van der Waals surface area contributed by atoms with Gasteiger partial charge in [-0.3, -0.25) is 0 Å². The van der Waals surface area contributed by atoms with Gasteiger partial charge in [0.15, 0.2) is 0 Å². The third kappa shape index (κ3) is 10.0. The highest BCUT2D eigenvalue weighted by Crippen LogP contribution is 2.07. The molecule has 0 aromatic carbocycles. The van der Waals surface area contributed by atoms with Gasteiger partial charge in [0.05, 0.1) is 6.10 Å². The molecule has 0 bridgehead atoms. The van der Waals surface area contributed by atoms with Crippen molar-refractivity contribution in [2.24, 2.45) is 0 Å². The van der Waals surface area contributed by atoms with Gasteiger partial charge >= 0.3 is 0 Å². The molecule has 0 fully saturated rings. The molecular weight excluding hydrogens is 172 g/mol. The number of hydrogen-bond acceptors (Lipinski definition) is 1. The minimum Gasteiger partial charge on any atom is -0.379 e. The van der Waals surface area contributed by atoms with Crippen LogP contribution < -0.4 is 0 Å². The summed E-state index contributed by atoms with van der Waals surface area (Å²) in [4.78, 5) is 0. The van der Waals surface area contributed by atoms with Crippen LogP contribution in [0.3, 0.4) is 0 Å². The number of hydrogen-bond donors (Lipinski definition) is 0. The molecule has 86 valence electrons. The van der Waals surface area contributed by atoms with Crippen LogP contribution in [-0.4, -0.2) is 12.7 Å². The molecule has 0 aromatic rings. The number of ether oxygens (including phenoxy) is 1. The fourth-order valence-electron chi connectivity index (χ4n) is 1.58. The summed E-state index contributed by atoms with van der Waals surface area (Å²) in [5.41, 5.74) is 0. The zero-order valence-electron chi connectivity index (χ0n) is 10.3. The predicted molar refractivity (Wildman–Crippen MR) is 63.7 cm³/mol. The fraction of sp³-hybridized carbons (Fsp3) is 1.00. The summed E-state index contributed by atoms with van der Waals surface area (Å²) in [6, 6.07) is 0. The van der Waals surface area contributed by atoms with E-state index < -0.39 is 0 Å². The Morgan fingerprint density at radius 2 is 1.50 bits per heavy atom. The Bertz CT molecular complexity index is 101. The molecule has 0 spiro atoms. The lowest BCUT2D eigenvalue weighted by atomic mass is 10.1. The van der Waals surface area contributed by atoms with Gasteiger partial charge in [-0.25, -0.2) is 0 Å². The Kier molecular flexibility index (Phi) is 11.0. The Morgan fingerprint density at radius 1 is 0.857 bits per heavy atom. The van der Waals surface area contributed by atoms with Crippen LogP contribution in [0.4, 0.5) is 0 Å². The molecule has 1 unspecified atom stereocenters. The SMILES string of the molecule is CCCCCCOC(C)CCCCC. The van der Waals surface area contributed by atoms with Gasteiger partial charge in [-0.2, -0.15) is 0 Å². The third-order valence-corrected chi connectivity index (χ3v) is 2.61. The summed E-state index contributed by atoms with van der Waals surface area (Å²) in [5.74, 6) is 0. The first kappa shape index (κ1) is 14.0. The van der Waals surface area contributed by atoms with Crippen LogP contribution in [0.1, 0.15) is 72.1 Å². The van der Waals surface area contributed by atoms with E-state index in [4.69, 9.17) is 4.74 Å². The molecule has 1 atom stereocenters. The van der Waals surface area contributed by atoms with Gasteiger partial charge in [-0.05, 0) is 19.8 Å². The highest BCUT2D eigenvalue weighted by molar-refractivity contribution is 4.51. The molecule has 0 heterocycles. The van der Waals surface area contributed by atoms with Gasteiger partial charge in [0.2, 0.25) is 0 Å². The summed E-state index contributed by atoms with van der Waals surface area (Å²) in [7, 11) is 0. The van der Waals surface area contributed by atoms with Crippen LogP contribution in [0, 0.1) is 0 Å². The van der Waals surface area contributed by atoms with Gasteiger partial charge in [0.1, 0.15) is 0 Å². The monoisotopic (exact) mass is 200 g/mol. The van der Waals surface area contributed by atoms with Crippen molar-refractivity contribution >= 4 is 0 Å². The van der Waals surface area contributed by atoms with Crippen LogP contribution in [0.25, 0.3) is 0 Å². The predicted octanol–water partition coefficient (Wildman–Crippen LogP) is 4.55. The van der Waals surface area contributed by atoms with Gasteiger partial charge in [0, 0.05) is 6.61 Å². The average Bonchev–Trinajstić information content (AvgIpc) is 2.18. The Balaban J connectivity index is 3.06. The van der Waals surface area contributed by atoms with E-state index in [0.717, 1.165) is 6.61 Å². The van der Waals surface area contributed by atoms with E-state index >= 15 is 0 Å². The Hall–Kier alpha value is -0.0400. The summed E-state index contributed by atoms with van der Waals surface area (Å²) < 4.78 is 5.74. The summed E-state index contributed by atoms with van der Waals surface area (Å²) >= 11 is 0. The summed E-state index contributed by atoms with van der Waals surface area (Å²) in [5, 5.41) is 0. The molecule has 0 aliphatic heterocycles. The molecule has 1 heteroatoms. The second-order valence-corrected chi connectivity index (χ2v) is 4.24. The lowest BCUT2D eigenvalue weighted by molar-refractivity contribution is 0.0558. The minimum atomic E-state index is 0.475. The molecule has 0 N–H and O–H groups in total. The summed E-state index contributed by atoms with van der Waals surface area (Å²) in [6.45, 7) is 7.66. The van der Waals surface area contributed by atoms with Crippen molar-refractivity contribution in [3.05, 3.63) is 0 Å². The molecule has 0 aromatic heterocycles. The van der Waals surface area contributed by atoms with Crippen LogP contribution in [0.15, 0.2) is 0 Å². The van der Waals surface area contributed by atoms with E-state index in [1.165, 1.54) is 51.4 Å². The average molecular weight is 200 g/mol. The van der Waals surface area contributed by atoms with Crippen molar-refractivity contribution in [3.63, 3.8) is 0 Å². The Morgan fingerprint density at radius 3 is 2.14 bits per heavy atom. The zero-order chi connectivity index (χ0) is 10.6. The fourth-order valence-corrected chi connectivity index (χ4v) is 1.58. The van der Waals surface area contributed by atoms with E-state index in [-0.39, 0.29) is 0 Å². The molecule has 14 heavy (non-hydrogen) atoms. The topological polar surface area (TPSA) is 9.23 Å². The summed E-state index contributed by atoms with van der Waals surface area (Å²) in [6.07, 6.45) is 10.9. The highest BCUT2D eigenvalue weighted by Gasteiger charge is 2.00. The van der Waals surface area contributed by atoms with Crippen LogP contribution >= 0.6 is 0 Å². The van der Waals surface area contributed by atoms with E-state index in [2.05, 4.69) is 20.8 Å². The number of rotatable bonds is 10. The second kappa shape index (κ2) is 11.0. The van der Waals surface area contributed by atoms with Crippen LogP contribution in [0.5, 0.6) is 0 Å². The standard InChI is InChI=1S/C13H28O/c1-4-6-8-10-12-14-13(3)11-9-7-5-2/h13H,4-12H2,1-3H3. The van der Waals surface area contributed by atoms with E-state index in [0.29, 0.717) is 6.10 Å². The second-order valence-electron chi connectivity index (χ2n) is 4.24. The van der Waals surface area contributed by atoms with Crippen molar-refractivity contribution in [2.45, 2.75) is 78.2 Å². The lowest BCUT2D eigenvalue weighted by Gasteiger charge is -2.12. The lowest BCUT2D eigenvalue weighted by Crippen LogP contribution is -2.09. The smallest absolute Gasteiger partial charge is 0.0547 e. The maximum absolute atomic E-state index is 5.74. The molecule has 0 aliphatic rings. The van der Waals surface area contributed by atoms with Gasteiger partial charge in [0.25, 0.3) is 0 Å². The van der Waals surface area contributed by atoms with E-state index in [1.54, 1.807) is 0 Å². The molecule has 1 nitrogen and oxygen atoms in total. The van der Waals surface area contributed by atoms with Crippen molar-refractivity contribution < 1.29 is 4.74 Å². The third-order valence-electron chi connectivity index (χ3n) is 2.61. The van der Waals surface area contributed by atoms with Crippen molar-refractivity contribution in [3.8, 4) is 0 Å². The van der Waals surface area contributed by atoms with Crippen LogP contribution in [-0.2, 0) is 4.74 Å². The van der Waals surface area contributed by atoms with Crippen molar-refractivity contribution in [1.29, 1.82) is 0 Å². The first-order valence-corrected chi connectivity index (χ1v) is 6.42. The van der Waals surface area contributed by atoms with E-state index in [9.17, 15) is 0 Å². The maximum Gasteiger partial charge on any atom is 0.0547 e.